The molecule has 7 nitrogen and oxygen atoms in total. The maximum absolute atomic E-state index is 12.3. The van der Waals surface area contributed by atoms with Crippen LogP contribution in [0.1, 0.15) is 45.0 Å². The molecule has 7 heteroatoms. The number of carbonyl (C=O) groups excluding carboxylic acids is 1. The van der Waals surface area contributed by atoms with E-state index in [4.69, 9.17) is 4.98 Å². The number of carbonyl (C=O) groups is 1. The van der Waals surface area contributed by atoms with Crippen molar-refractivity contribution in [1.29, 1.82) is 0 Å². The van der Waals surface area contributed by atoms with Gasteiger partial charge in [0, 0.05) is 36.1 Å². The summed E-state index contributed by atoms with van der Waals surface area (Å²) in [5.74, 6) is 2.13. The molecule has 27 heavy (non-hydrogen) atoms. The largest absolute Gasteiger partial charge is 0.333 e. The van der Waals surface area contributed by atoms with Crippen molar-refractivity contribution in [3.63, 3.8) is 0 Å². The van der Waals surface area contributed by atoms with Gasteiger partial charge in [0.05, 0.1) is 0 Å². The number of nitrogens with zero attached hydrogens (tertiary/aromatic N) is 3. The number of rotatable bonds is 4. The fraction of sp³-hybridized carbons (Fsp3) is 0.550. The molecule has 0 unspecified atom stereocenters. The van der Waals surface area contributed by atoms with Gasteiger partial charge < -0.3 is 15.5 Å². The number of urea groups is 1. The molecule has 0 aliphatic carbocycles. The van der Waals surface area contributed by atoms with Crippen LogP contribution in [0.5, 0.6) is 0 Å². The third-order valence-electron chi connectivity index (χ3n) is 4.65. The zero-order valence-electron chi connectivity index (χ0n) is 16.7. The van der Waals surface area contributed by atoms with Gasteiger partial charge in [-0.3, -0.25) is 5.10 Å². The number of pyridine rings is 1. The van der Waals surface area contributed by atoms with Gasteiger partial charge in [-0.1, -0.05) is 6.07 Å². The summed E-state index contributed by atoms with van der Waals surface area (Å²) >= 11 is 0. The van der Waals surface area contributed by atoms with E-state index in [2.05, 4.69) is 26.9 Å². The molecule has 146 valence electrons. The number of amides is 2. The van der Waals surface area contributed by atoms with E-state index in [0.717, 1.165) is 55.4 Å². The summed E-state index contributed by atoms with van der Waals surface area (Å²) in [6.07, 6.45) is 2.95. The zero-order valence-corrected chi connectivity index (χ0v) is 16.7. The fourth-order valence-corrected chi connectivity index (χ4v) is 3.31. The van der Waals surface area contributed by atoms with Crippen LogP contribution in [0.3, 0.4) is 0 Å². The summed E-state index contributed by atoms with van der Waals surface area (Å²) in [5, 5.41) is 13.4. The topological polar surface area (TPSA) is 85.9 Å². The van der Waals surface area contributed by atoms with Crippen molar-refractivity contribution < 1.29 is 4.79 Å². The second-order valence-electron chi connectivity index (χ2n) is 8.39. The number of hydrogen-bond acceptors (Lipinski definition) is 4. The van der Waals surface area contributed by atoms with Crippen molar-refractivity contribution in [2.45, 2.75) is 52.5 Å². The molecule has 3 heterocycles. The number of piperidine rings is 1. The molecule has 1 aliphatic heterocycles. The third kappa shape index (κ3) is 5.70. The van der Waals surface area contributed by atoms with Crippen molar-refractivity contribution in [2.24, 2.45) is 5.92 Å². The number of likely N-dealkylation sites (tertiary alicyclic amines) is 1. The van der Waals surface area contributed by atoms with Crippen LogP contribution in [0.4, 0.5) is 16.4 Å². The van der Waals surface area contributed by atoms with Gasteiger partial charge >= 0.3 is 6.03 Å². The molecule has 0 spiro atoms. The van der Waals surface area contributed by atoms with E-state index in [1.807, 2.05) is 50.8 Å². The molecule has 2 aromatic rings. The van der Waals surface area contributed by atoms with Crippen LogP contribution in [0.15, 0.2) is 24.3 Å². The highest BCUT2D eigenvalue weighted by Crippen LogP contribution is 2.22. The van der Waals surface area contributed by atoms with Crippen molar-refractivity contribution in [3.05, 3.63) is 35.7 Å². The van der Waals surface area contributed by atoms with E-state index in [-0.39, 0.29) is 11.6 Å². The summed E-state index contributed by atoms with van der Waals surface area (Å²) in [6, 6.07) is 8.04. The quantitative estimate of drug-likeness (QED) is 0.767. The van der Waals surface area contributed by atoms with Gasteiger partial charge in [0.2, 0.25) is 0 Å². The Kier molecular flexibility index (Phi) is 5.68. The molecule has 3 N–H and O–H groups in total. The normalized spacial score (nSPS) is 15.6. The van der Waals surface area contributed by atoms with Gasteiger partial charge in [-0.05, 0) is 65.0 Å². The lowest BCUT2D eigenvalue weighted by Crippen LogP contribution is -2.50. The Morgan fingerprint density at radius 1 is 1.26 bits per heavy atom. The molecule has 0 atom stereocenters. The number of aromatic nitrogens is 3. The summed E-state index contributed by atoms with van der Waals surface area (Å²) in [4.78, 5) is 18.9. The van der Waals surface area contributed by atoms with Gasteiger partial charge in [-0.2, -0.15) is 5.10 Å². The number of aromatic amines is 1. The van der Waals surface area contributed by atoms with Crippen LogP contribution in [0.25, 0.3) is 0 Å². The van der Waals surface area contributed by atoms with Gasteiger partial charge in [0.15, 0.2) is 5.82 Å². The summed E-state index contributed by atoms with van der Waals surface area (Å²) < 4.78 is 0. The Morgan fingerprint density at radius 2 is 2.00 bits per heavy atom. The van der Waals surface area contributed by atoms with Crippen LogP contribution in [0, 0.1) is 12.8 Å². The fourth-order valence-electron chi connectivity index (χ4n) is 3.31. The van der Waals surface area contributed by atoms with Gasteiger partial charge in [0.1, 0.15) is 5.82 Å². The van der Waals surface area contributed by atoms with E-state index in [0.29, 0.717) is 5.92 Å². The van der Waals surface area contributed by atoms with Crippen molar-refractivity contribution in [3.8, 4) is 0 Å². The Bertz CT molecular complexity index is 771. The highest BCUT2D eigenvalue weighted by atomic mass is 16.2. The minimum atomic E-state index is -0.196. The van der Waals surface area contributed by atoms with Crippen molar-refractivity contribution in [1.82, 2.24) is 25.4 Å². The molecule has 0 saturated carbocycles. The first-order valence-electron chi connectivity index (χ1n) is 9.60. The third-order valence-corrected chi connectivity index (χ3v) is 4.65. The lowest BCUT2D eigenvalue weighted by Gasteiger charge is -2.34. The molecule has 0 radical (unpaired) electrons. The lowest BCUT2D eigenvalue weighted by molar-refractivity contribution is 0.163. The predicted octanol–water partition coefficient (Wildman–Crippen LogP) is 3.62. The minimum Gasteiger partial charge on any atom is -0.333 e. The number of aryl methyl sites for hydroxylation is 1. The molecule has 2 amide bonds. The standard InChI is InChI=1S/C20H30N6O/c1-14-12-18(25-24-14)22-17-7-5-6-16(21-17)13-15-8-10-26(11-9-15)19(27)23-20(2,3)4/h5-7,12,15H,8-11,13H2,1-4H3,(H,23,27)(H2,21,22,24,25). The maximum Gasteiger partial charge on any atom is 0.317 e. The first-order valence-corrected chi connectivity index (χ1v) is 9.60. The Morgan fingerprint density at radius 3 is 2.63 bits per heavy atom. The van der Waals surface area contributed by atoms with Crippen LogP contribution in [-0.4, -0.2) is 44.7 Å². The minimum absolute atomic E-state index is 0.0413. The molecule has 0 bridgehead atoms. The zero-order chi connectivity index (χ0) is 19.4. The molecule has 1 fully saturated rings. The second-order valence-corrected chi connectivity index (χ2v) is 8.39. The number of H-pyrrole nitrogens is 1. The van der Waals surface area contributed by atoms with E-state index in [1.54, 1.807) is 0 Å². The molecule has 1 saturated heterocycles. The first kappa shape index (κ1) is 19.2. The number of nitrogens with one attached hydrogen (secondary N) is 3. The summed E-state index contributed by atoms with van der Waals surface area (Å²) in [5.41, 5.74) is 1.89. The summed E-state index contributed by atoms with van der Waals surface area (Å²) in [6.45, 7) is 9.60. The van der Waals surface area contributed by atoms with Crippen LogP contribution >= 0.6 is 0 Å². The lowest BCUT2D eigenvalue weighted by atomic mass is 9.92. The molecule has 2 aromatic heterocycles. The highest BCUT2D eigenvalue weighted by Gasteiger charge is 2.25. The molecular formula is C20H30N6O. The predicted molar refractivity (Wildman–Crippen MR) is 107 cm³/mol. The van der Waals surface area contributed by atoms with Gasteiger partial charge in [0.25, 0.3) is 0 Å². The molecule has 1 aliphatic rings. The van der Waals surface area contributed by atoms with Crippen LogP contribution in [0.2, 0.25) is 0 Å². The Labute approximate surface area is 160 Å². The van der Waals surface area contributed by atoms with Crippen LogP contribution < -0.4 is 10.6 Å². The Balaban J connectivity index is 1.52. The van der Waals surface area contributed by atoms with E-state index in [1.165, 1.54) is 0 Å². The Hall–Kier alpha value is -2.57. The monoisotopic (exact) mass is 370 g/mol. The SMILES string of the molecule is Cc1cc(Nc2cccc(CC3CCN(C(=O)NC(C)(C)C)CC3)n2)n[nH]1. The summed E-state index contributed by atoms with van der Waals surface area (Å²) in [7, 11) is 0. The van der Waals surface area contributed by atoms with Gasteiger partial charge in [-0.15, -0.1) is 0 Å². The van der Waals surface area contributed by atoms with Crippen molar-refractivity contribution >= 4 is 17.7 Å². The first-order chi connectivity index (χ1) is 12.8. The molecule has 3 rings (SSSR count). The highest BCUT2D eigenvalue weighted by molar-refractivity contribution is 5.75. The number of anilines is 2. The molecule has 0 aromatic carbocycles. The molecular weight excluding hydrogens is 340 g/mol. The van der Waals surface area contributed by atoms with Crippen molar-refractivity contribution in [2.75, 3.05) is 18.4 Å². The number of hydrogen-bond donors (Lipinski definition) is 3. The van der Waals surface area contributed by atoms with Gasteiger partial charge in [-0.25, -0.2) is 9.78 Å². The van der Waals surface area contributed by atoms with E-state index in [9.17, 15) is 4.79 Å². The maximum atomic E-state index is 12.3. The average molecular weight is 371 g/mol. The van der Waals surface area contributed by atoms with E-state index < -0.39 is 0 Å². The average Bonchev–Trinajstić information content (AvgIpc) is 2.99. The second kappa shape index (κ2) is 7.98. The van der Waals surface area contributed by atoms with Crippen LogP contribution in [-0.2, 0) is 6.42 Å². The van der Waals surface area contributed by atoms with E-state index >= 15 is 0 Å². The smallest absolute Gasteiger partial charge is 0.317 e.